The number of anilines is 1. The molecule has 2 aromatic rings. The Balaban J connectivity index is 1.56. The SMILES string of the molecule is Cc1cc(C(=O)NC2CCN(c3ccc(Br)cn3)CC2)c(C)o1. The molecule has 0 bridgehead atoms. The smallest absolute Gasteiger partial charge is 0.255 e. The summed E-state index contributed by atoms with van der Waals surface area (Å²) in [6.45, 7) is 5.46. The van der Waals surface area contributed by atoms with Crippen molar-refractivity contribution in [3.8, 4) is 0 Å². The number of nitrogens with zero attached hydrogens (tertiary/aromatic N) is 2. The molecule has 1 aliphatic heterocycles. The van der Waals surface area contributed by atoms with Crippen molar-refractivity contribution in [2.45, 2.75) is 32.7 Å². The monoisotopic (exact) mass is 377 g/mol. The van der Waals surface area contributed by atoms with Gasteiger partial charge in [-0.05, 0) is 60.8 Å². The van der Waals surface area contributed by atoms with Crippen molar-refractivity contribution in [2.75, 3.05) is 18.0 Å². The van der Waals surface area contributed by atoms with Crippen molar-refractivity contribution in [1.29, 1.82) is 0 Å². The van der Waals surface area contributed by atoms with Gasteiger partial charge >= 0.3 is 0 Å². The molecule has 3 rings (SSSR count). The van der Waals surface area contributed by atoms with Gasteiger partial charge < -0.3 is 14.6 Å². The Labute approximate surface area is 144 Å². The Morgan fingerprint density at radius 2 is 2.09 bits per heavy atom. The third-order valence-corrected chi connectivity index (χ3v) is 4.62. The van der Waals surface area contributed by atoms with Gasteiger partial charge in [0.05, 0.1) is 5.56 Å². The van der Waals surface area contributed by atoms with Crippen LogP contribution in [0.4, 0.5) is 5.82 Å². The summed E-state index contributed by atoms with van der Waals surface area (Å²) in [5.74, 6) is 2.39. The maximum Gasteiger partial charge on any atom is 0.255 e. The normalized spacial score (nSPS) is 15.7. The maximum absolute atomic E-state index is 12.3. The van der Waals surface area contributed by atoms with E-state index in [0.29, 0.717) is 11.3 Å². The van der Waals surface area contributed by atoms with E-state index in [1.165, 1.54) is 0 Å². The summed E-state index contributed by atoms with van der Waals surface area (Å²) >= 11 is 3.40. The highest BCUT2D eigenvalue weighted by molar-refractivity contribution is 9.10. The van der Waals surface area contributed by atoms with Crippen molar-refractivity contribution in [1.82, 2.24) is 10.3 Å². The van der Waals surface area contributed by atoms with Crippen LogP contribution in [0, 0.1) is 13.8 Å². The molecular weight excluding hydrogens is 358 g/mol. The summed E-state index contributed by atoms with van der Waals surface area (Å²) in [6.07, 6.45) is 3.64. The average molecular weight is 378 g/mol. The zero-order valence-electron chi connectivity index (χ0n) is 13.3. The van der Waals surface area contributed by atoms with Crippen molar-refractivity contribution < 1.29 is 9.21 Å². The van der Waals surface area contributed by atoms with Crippen molar-refractivity contribution in [3.63, 3.8) is 0 Å². The van der Waals surface area contributed by atoms with E-state index in [0.717, 1.165) is 42.0 Å². The summed E-state index contributed by atoms with van der Waals surface area (Å²) < 4.78 is 6.41. The Morgan fingerprint density at radius 3 is 2.65 bits per heavy atom. The third-order valence-electron chi connectivity index (χ3n) is 4.15. The molecule has 6 heteroatoms. The molecule has 1 aliphatic rings. The molecule has 0 aromatic carbocycles. The molecule has 122 valence electrons. The first-order chi connectivity index (χ1) is 11.0. The minimum atomic E-state index is -0.0421. The van der Waals surface area contributed by atoms with Crippen molar-refractivity contribution in [2.24, 2.45) is 0 Å². The van der Waals surface area contributed by atoms with Crippen molar-refractivity contribution in [3.05, 3.63) is 46.0 Å². The average Bonchev–Trinajstić information content (AvgIpc) is 2.88. The molecule has 0 aliphatic carbocycles. The minimum absolute atomic E-state index is 0.0421. The standard InChI is InChI=1S/C17H20BrN3O2/c1-11-9-15(12(2)23-11)17(22)20-14-5-7-21(8-6-14)16-4-3-13(18)10-19-16/h3-4,9-10,14H,5-8H2,1-2H3,(H,20,22). The van der Waals surface area contributed by atoms with Gasteiger partial charge in [-0.3, -0.25) is 4.79 Å². The highest BCUT2D eigenvalue weighted by atomic mass is 79.9. The van der Waals surface area contributed by atoms with Gasteiger partial charge in [0.2, 0.25) is 0 Å². The Bertz CT molecular complexity index is 688. The number of hydrogen-bond donors (Lipinski definition) is 1. The molecule has 1 N–H and O–H groups in total. The summed E-state index contributed by atoms with van der Waals surface area (Å²) in [4.78, 5) is 19.0. The van der Waals surface area contributed by atoms with Crippen LogP contribution >= 0.6 is 15.9 Å². The van der Waals surface area contributed by atoms with Gasteiger partial charge in [0.25, 0.3) is 5.91 Å². The number of carbonyl (C=O) groups is 1. The van der Waals surface area contributed by atoms with E-state index in [9.17, 15) is 4.79 Å². The van der Waals surface area contributed by atoms with E-state index in [4.69, 9.17) is 4.42 Å². The van der Waals surface area contributed by atoms with Gasteiger partial charge in [-0.25, -0.2) is 4.98 Å². The van der Waals surface area contributed by atoms with Crippen molar-refractivity contribution >= 4 is 27.7 Å². The molecule has 0 unspecified atom stereocenters. The van der Waals surface area contributed by atoms with E-state index in [1.807, 2.05) is 32.2 Å². The first kappa shape index (κ1) is 16.1. The predicted octanol–water partition coefficient (Wildman–Crippen LogP) is 3.45. The van der Waals surface area contributed by atoms with Gasteiger partial charge in [0.1, 0.15) is 17.3 Å². The quantitative estimate of drug-likeness (QED) is 0.889. The van der Waals surface area contributed by atoms with Crippen LogP contribution in [0.5, 0.6) is 0 Å². The molecule has 0 radical (unpaired) electrons. The van der Waals surface area contributed by atoms with E-state index in [1.54, 1.807) is 6.07 Å². The molecule has 1 saturated heterocycles. The predicted molar refractivity (Wildman–Crippen MR) is 92.8 cm³/mol. The maximum atomic E-state index is 12.3. The lowest BCUT2D eigenvalue weighted by Gasteiger charge is -2.33. The number of hydrogen-bond acceptors (Lipinski definition) is 4. The number of carbonyl (C=O) groups excluding carboxylic acids is 1. The second-order valence-corrected chi connectivity index (χ2v) is 6.81. The number of halogens is 1. The number of rotatable bonds is 3. The van der Waals surface area contributed by atoms with Gasteiger partial charge in [-0.2, -0.15) is 0 Å². The second kappa shape index (κ2) is 6.74. The Hall–Kier alpha value is -1.82. The van der Waals surface area contributed by atoms with Gasteiger partial charge in [0, 0.05) is 29.8 Å². The van der Waals surface area contributed by atoms with Crippen LogP contribution in [0.1, 0.15) is 34.7 Å². The molecule has 0 saturated carbocycles. The summed E-state index contributed by atoms with van der Waals surface area (Å²) in [7, 11) is 0. The zero-order chi connectivity index (χ0) is 16.4. The van der Waals surface area contributed by atoms with Crippen LogP contribution in [0.25, 0.3) is 0 Å². The second-order valence-electron chi connectivity index (χ2n) is 5.90. The number of furan rings is 1. The third kappa shape index (κ3) is 3.75. The lowest BCUT2D eigenvalue weighted by atomic mass is 10.0. The molecule has 5 nitrogen and oxygen atoms in total. The van der Waals surface area contributed by atoms with Gasteiger partial charge in [0.15, 0.2) is 0 Å². The summed E-state index contributed by atoms with van der Waals surface area (Å²) in [5.41, 5.74) is 0.638. The summed E-state index contributed by atoms with van der Waals surface area (Å²) in [5, 5.41) is 3.12. The fourth-order valence-electron chi connectivity index (χ4n) is 2.93. The van der Waals surface area contributed by atoms with E-state index >= 15 is 0 Å². The first-order valence-electron chi connectivity index (χ1n) is 7.77. The van der Waals surface area contributed by atoms with Crippen LogP contribution in [-0.4, -0.2) is 30.0 Å². The number of aromatic nitrogens is 1. The van der Waals surface area contributed by atoms with Crippen LogP contribution in [0.3, 0.4) is 0 Å². The lowest BCUT2D eigenvalue weighted by Crippen LogP contribution is -2.45. The number of pyridine rings is 1. The molecule has 1 amide bonds. The number of aryl methyl sites for hydroxylation is 2. The minimum Gasteiger partial charge on any atom is -0.466 e. The van der Waals surface area contributed by atoms with Gasteiger partial charge in [-0.1, -0.05) is 0 Å². The van der Waals surface area contributed by atoms with E-state index in [2.05, 4.69) is 31.1 Å². The van der Waals surface area contributed by atoms with Crippen LogP contribution in [-0.2, 0) is 0 Å². The highest BCUT2D eigenvalue weighted by Crippen LogP contribution is 2.20. The largest absolute Gasteiger partial charge is 0.466 e. The molecule has 23 heavy (non-hydrogen) atoms. The van der Waals surface area contributed by atoms with E-state index < -0.39 is 0 Å². The summed E-state index contributed by atoms with van der Waals surface area (Å²) in [6, 6.07) is 6.01. The lowest BCUT2D eigenvalue weighted by molar-refractivity contribution is 0.0929. The fourth-order valence-corrected chi connectivity index (χ4v) is 3.16. The topological polar surface area (TPSA) is 58.4 Å². The number of piperidine rings is 1. The van der Waals surface area contributed by atoms with Crippen LogP contribution < -0.4 is 10.2 Å². The molecule has 1 fully saturated rings. The molecule has 2 aromatic heterocycles. The highest BCUT2D eigenvalue weighted by Gasteiger charge is 2.23. The first-order valence-corrected chi connectivity index (χ1v) is 8.56. The Kier molecular flexibility index (Phi) is 4.71. The van der Waals surface area contributed by atoms with Crippen LogP contribution in [0.2, 0.25) is 0 Å². The van der Waals surface area contributed by atoms with Crippen LogP contribution in [0.15, 0.2) is 33.3 Å². The number of nitrogens with one attached hydrogen (secondary N) is 1. The molecule has 0 spiro atoms. The Morgan fingerprint density at radius 1 is 1.35 bits per heavy atom. The molecular formula is C17H20BrN3O2. The fraction of sp³-hybridized carbons (Fsp3) is 0.412. The number of amides is 1. The van der Waals surface area contributed by atoms with Gasteiger partial charge in [-0.15, -0.1) is 0 Å². The van der Waals surface area contributed by atoms with E-state index in [-0.39, 0.29) is 11.9 Å². The molecule has 0 atom stereocenters. The molecule has 3 heterocycles. The zero-order valence-corrected chi connectivity index (χ0v) is 14.9.